The van der Waals surface area contributed by atoms with Crippen molar-refractivity contribution in [2.24, 2.45) is 0 Å². The van der Waals surface area contributed by atoms with Gasteiger partial charge in [0.2, 0.25) is 5.91 Å². The molecule has 4 heteroatoms. The van der Waals surface area contributed by atoms with E-state index in [1.54, 1.807) is 0 Å². The number of nitrogens with one attached hydrogen (secondary N) is 2. The monoisotopic (exact) mass is 281 g/mol. The van der Waals surface area contributed by atoms with Crippen LogP contribution >= 0.6 is 0 Å². The van der Waals surface area contributed by atoms with E-state index in [4.69, 9.17) is 0 Å². The van der Waals surface area contributed by atoms with Crippen molar-refractivity contribution in [3.8, 4) is 0 Å². The molecule has 0 spiro atoms. The van der Waals surface area contributed by atoms with Crippen LogP contribution in [-0.2, 0) is 4.79 Å². The first-order valence-electron chi connectivity index (χ1n) is 8.45. The van der Waals surface area contributed by atoms with E-state index in [-0.39, 0.29) is 11.9 Å². The molecule has 0 aliphatic carbocycles. The average Bonchev–Trinajstić information content (AvgIpc) is 2.72. The Morgan fingerprint density at radius 2 is 1.75 bits per heavy atom. The third-order valence-electron chi connectivity index (χ3n) is 4.85. The molecular formula is C16H31N3O. The molecule has 2 bridgehead atoms. The second-order valence-corrected chi connectivity index (χ2v) is 6.42. The van der Waals surface area contributed by atoms with Gasteiger partial charge < -0.3 is 10.6 Å². The molecule has 2 N–H and O–H groups in total. The van der Waals surface area contributed by atoms with E-state index in [0.29, 0.717) is 18.1 Å². The first-order valence-corrected chi connectivity index (χ1v) is 8.45. The Morgan fingerprint density at radius 3 is 2.30 bits per heavy atom. The Kier molecular flexibility index (Phi) is 5.85. The van der Waals surface area contributed by atoms with Gasteiger partial charge in [-0.05, 0) is 52.0 Å². The smallest absolute Gasteiger partial charge is 0.237 e. The number of fused-ring (bicyclic) bond motifs is 2. The van der Waals surface area contributed by atoms with Gasteiger partial charge >= 0.3 is 0 Å². The van der Waals surface area contributed by atoms with Crippen molar-refractivity contribution < 1.29 is 4.79 Å². The number of amides is 1. The molecular weight excluding hydrogens is 250 g/mol. The molecule has 20 heavy (non-hydrogen) atoms. The van der Waals surface area contributed by atoms with E-state index in [1.807, 2.05) is 0 Å². The summed E-state index contributed by atoms with van der Waals surface area (Å²) in [5.41, 5.74) is 0. The van der Waals surface area contributed by atoms with Gasteiger partial charge in [0.25, 0.3) is 0 Å². The SMILES string of the molecule is CCCNC(=O)C(C)N1C2CCC1CC(NCCC)C2. The molecule has 116 valence electrons. The predicted molar refractivity (Wildman–Crippen MR) is 82.7 cm³/mol. The summed E-state index contributed by atoms with van der Waals surface area (Å²) >= 11 is 0. The van der Waals surface area contributed by atoms with E-state index >= 15 is 0 Å². The summed E-state index contributed by atoms with van der Waals surface area (Å²) in [4.78, 5) is 14.7. The van der Waals surface area contributed by atoms with Crippen molar-refractivity contribution in [2.75, 3.05) is 13.1 Å². The molecule has 0 aromatic heterocycles. The highest BCUT2D eigenvalue weighted by Crippen LogP contribution is 2.37. The maximum atomic E-state index is 12.2. The lowest BCUT2D eigenvalue weighted by Gasteiger charge is -2.42. The van der Waals surface area contributed by atoms with Gasteiger partial charge in [-0.3, -0.25) is 9.69 Å². The van der Waals surface area contributed by atoms with Crippen LogP contribution in [0.1, 0.15) is 59.3 Å². The maximum Gasteiger partial charge on any atom is 0.237 e. The van der Waals surface area contributed by atoms with Crippen molar-refractivity contribution in [1.29, 1.82) is 0 Å². The van der Waals surface area contributed by atoms with E-state index < -0.39 is 0 Å². The standard InChI is InChI=1S/C16H31N3O/c1-4-8-17-13-10-14-6-7-15(11-13)19(14)12(3)16(20)18-9-5-2/h12-15,17H,4-11H2,1-3H3,(H,18,20). The molecule has 3 unspecified atom stereocenters. The summed E-state index contributed by atoms with van der Waals surface area (Å²) < 4.78 is 0. The molecule has 2 heterocycles. The maximum absolute atomic E-state index is 12.2. The van der Waals surface area contributed by atoms with Crippen molar-refractivity contribution >= 4 is 5.91 Å². The van der Waals surface area contributed by atoms with Crippen LogP contribution < -0.4 is 10.6 Å². The Bertz CT molecular complexity index is 307. The highest BCUT2D eigenvalue weighted by molar-refractivity contribution is 5.81. The number of carbonyl (C=O) groups excluding carboxylic acids is 1. The number of rotatable bonds is 7. The number of carbonyl (C=O) groups is 1. The third-order valence-corrected chi connectivity index (χ3v) is 4.85. The number of hydrogen-bond acceptors (Lipinski definition) is 3. The molecule has 2 fully saturated rings. The van der Waals surface area contributed by atoms with Gasteiger partial charge in [0, 0.05) is 24.7 Å². The number of nitrogens with zero attached hydrogens (tertiary/aromatic N) is 1. The van der Waals surface area contributed by atoms with Crippen molar-refractivity contribution in [2.45, 2.75) is 83.5 Å². The molecule has 1 amide bonds. The molecule has 0 aromatic rings. The van der Waals surface area contributed by atoms with E-state index in [9.17, 15) is 4.79 Å². The van der Waals surface area contributed by atoms with Crippen molar-refractivity contribution in [3.63, 3.8) is 0 Å². The molecule has 2 aliphatic rings. The number of hydrogen-bond donors (Lipinski definition) is 2. The van der Waals surface area contributed by atoms with Crippen LogP contribution in [-0.4, -0.2) is 48.1 Å². The molecule has 0 saturated carbocycles. The zero-order valence-corrected chi connectivity index (χ0v) is 13.3. The summed E-state index contributed by atoms with van der Waals surface area (Å²) in [6.07, 6.45) is 7.16. The second-order valence-electron chi connectivity index (χ2n) is 6.42. The fourth-order valence-electron chi connectivity index (χ4n) is 3.89. The van der Waals surface area contributed by atoms with E-state index in [1.165, 1.54) is 32.1 Å². The van der Waals surface area contributed by atoms with E-state index in [2.05, 4.69) is 36.3 Å². The van der Waals surface area contributed by atoms with Crippen molar-refractivity contribution in [1.82, 2.24) is 15.5 Å². The summed E-state index contributed by atoms with van der Waals surface area (Å²) in [5.74, 6) is 0.212. The Balaban J connectivity index is 1.89. The van der Waals surface area contributed by atoms with Gasteiger partial charge in [-0.15, -0.1) is 0 Å². The van der Waals surface area contributed by atoms with Crippen LogP contribution in [0.5, 0.6) is 0 Å². The largest absolute Gasteiger partial charge is 0.355 e. The zero-order valence-electron chi connectivity index (χ0n) is 13.3. The van der Waals surface area contributed by atoms with Crippen molar-refractivity contribution in [3.05, 3.63) is 0 Å². The molecule has 0 radical (unpaired) electrons. The highest BCUT2D eigenvalue weighted by Gasteiger charge is 2.44. The molecule has 0 aromatic carbocycles. The lowest BCUT2D eigenvalue weighted by Crippen LogP contribution is -2.56. The summed E-state index contributed by atoms with van der Waals surface area (Å²) in [6, 6.07) is 1.90. The Hall–Kier alpha value is -0.610. The minimum Gasteiger partial charge on any atom is -0.355 e. The first kappa shape index (κ1) is 15.8. The second kappa shape index (κ2) is 7.41. The fourth-order valence-corrected chi connectivity index (χ4v) is 3.89. The van der Waals surface area contributed by atoms with Crippen LogP contribution in [0.3, 0.4) is 0 Å². The molecule has 2 aliphatic heterocycles. The zero-order chi connectivity index (χ0) is 14.5. The summed E-state index contributed by atoms with van der Waals surface area (Å²) in [5, 5.41) is 6.72. The van der Waals surface area contributed by atoms with Crippen LogP contribution in [0, 0.1) is 0 Å². The van der Waals surface area contributed by atoms with Gasteiger partial charge in [-0.25, -0.2) is 0 Å². The summed E-state index contributed by atoms with van der Waals surface area (Å²) in [6.45, 7) is 8.32. The first-order chi connectivity index (χ1) is 9.67. The van der Waals surface area contributed by atoms with E-state index in [0.717, 1.165) is 19.5 Å². The van der Waals surface area contributed by atoms with Gasteiger partial charge in [-0.2, -0.15) is 0 Å². The normalized spacial score (nSPS) is 31.2. The lowest BCUT2D eigenvalue weighted by molar-refractivity contribution is -0.127. The van der Waals surface area contributed by atoms with Gasteiger partial charge in [0.1, 0.15) is 0 Å². The molecule has 2 rings (SSSR count). The highest BCUT2D eigenvalue weighted by atomic mass is 16.2. The molecule has 4 nitrogen and oxygen atoms in total. The number of piperidine rings is 1. The minimum atomic E-state index is 0.0335. The van der Waals surface area contributed by atoms with Gasteiger partial charge in [0.15, 0.2) is 0 Å². The lowest BCUT2D eigenvalue weighted by atomic mass is 9.95. The van der Waals surface area contributed by atoms with Gasteiger partial charge in [-0.1, -0.05) is 13.8 Å². The van der Waals surface area contributed by atoms with Crippen LogP contribution in [0.2, 0.25) is 0 Å². The predicted octanol–water partition coefficient (Wildman–Crippen LogP) is 1.90. The quantitative estimate of drug-likeness (QED) is 0.749. The average molecular weight is 281 g/mol. The molecule has 2 saturated heterocycles. The molecule has 3 atom stereocenters. The topological polar surface area (TPSA) is 44.4 Å². The summed E-state index contributed by atoms with van der Waals surface area (Å²) in [7, 11) is 0. The van der Waals surface area contributed by atoms with Gasteiger partial charge in [0.05, 0.1) is 6.04 Å². The third kappa shape index (κ3) is 3.53. The van der Waals surface area contributed by atoms with Crippen LogP contribution in [0.4, 0.5) is 0 Å². The van der Waals surface area contributed by atoms with Crippen LogP contribution in [0.15, 0.2) is 0 Å². The minimum absolute atomic E-state index is 0.0335. The Morgan fingerprint density at radius 1 is 1.15 bits per heavy atom. The Labute approximate surface area is 123 Å². The van der Waals surface area contributed by atoms with Crippen LogP contribution in [0.25, 0.3) is 0 Å². The fraction of sp³-hybridized carbons (Fsp3) is 0.938.